The molecule has 0 saturated carbocycles. The van der Waals surface area contributed by atoms with E-state index in [-0.39, 0.29) is 5.91 Å². The fourth-order valence-electron chi connectivity index (χ4n) is 2.19. The Bertz CT molecular complexity index is 684. The minimum Gasteiger partial charge on any atom is -0.494 e. The minimum atomic E-state index is -0.0767. The number of halogens is 1. The largest absolute Gasteiger partial charge is 0.494 e. The van der Waals surface area contributed by atoms with Gasteiger partial charge in [-0.05, 0) is 55.2 Å². The van der Waals surface area contributed by atoms with Gasteiger partial charge < -0.3 is 4.74 Å². The second-order valence-corrected chi connectivity index (χ2v) is 6.19. The summed E-state index contributed by atoms with van der Waals surface area (Å²) in [5, 5.41) is 3.98. The Morgan fingerprint density at radius 3 is 2.75 bits per heavy atom. The maximum atomic E-state index is 11.8. The molecule has 5 heteroatoms. The van der Waals surface area contributed by atoms with Crippen molar-refractivity contribution >= 4 is 28.1 Å². The van der Waals surface area contributed by atoms with E-state index < -0.39 is 0 Å². The molecule has 2 aromatic carbocycles. The summed E-state index contributed by atoms with van der Waals surface area (Å²) in [4.78, 5) is 11.8. The van der Waals surface area contributed by atoms with Gasteiger partial charge in [-0.2, -0.15) is 5.10 Å². The number of nitrogens with zero attached hydrogens (tertiary/aromatic N) is 1. The van der Waals surface area contributed by atoms with Gasteiger partial charge in [0.05, 0.1) is 12.8 Å². The van der Waals surface area contributed by atoms with Gasteiger partial charge in [-0.25, -0.2) is 5.43 Å². The molecule has 4 nitrogen and oxygen atoms in total. The van der Waals surface area contributed by atoms with Gasteiger partial charge >= 0.3 is 0 Å². The van der Waals surface area contributed by atoms with E-state index in [9.17, 15) is 4.79 Å². The van der Waals surface area contributed by atoms with Crippen LogP contribution >= 0.6 is 15.9 Å². The SMILES string of the molecule is CCOc1ccc(CCCC(=O)NN=Cc2cccc(Br)c2)cc1. The number of aryl methyl sites for hydroxylation is 1. The second-order valence-electron chi connectivity index (χ2n) is 5.28. The summed E-state index contributed by atoms with van der Waals surface area (Å²) in [6.07, 6.45) is 3.72. The van der Waals surface area contributed by atoms with Crippen molar-refractivity contribution in [2.24, 2.45) is 5.10 Å². The first-order valence-corrected chi connectivity index (χ1v) is 8.76. The lowest BCUT2D eigenvalue weighted by Gasteiger charge is -2.05. The predicted molar refractivity (Wildman–Crippen MR) is 100 cm³/mol. The van der Waals surface area contributed by atoms with E-state index in [0.717, 1.165) is 28.6 Å². The monoisotopic (exact) mass is 388 g/mol. The first kappa shape index (κ1) is 18.2. The third-order valence-corrected chi connectivity index (χ3v) is 3.85. The highest BCUT2D eigenvalue weighted by Crippen LogP contribution is 2.14. The smallest absolute Gasteiger partial charge is 0.240 e. The Kier molecular flexibility index (Phi) is 7.49. The molecule has 0 bridgehead atoms. The number of hydrazone groups is 1. The summed E-state index contributed by atoms with van der Waals surface area (Å²) in [6.45, 7) is 2.63. The molecule has 2 aromatic rings. The fraction of sp³-hybridized carbons (Fsp3) is 0.263. The van der Waals surface area contributed by atoms with Crippen LogP contribution in [-0.4, -0.2) is 18.7 Å². The Labute approximate surface area is 151 Å². The standard InChI is InChI=1S/C19H21BrN2O2/c1-2-24-18-11-9-15(10-12-18)5-4-8-19(23)22-21-14-16-6-3-7-17(20)13-16/h3,6-7,9-14H,2,4-5,8H2,1H3,(H,22,23). The number of carbonyl (C=O) groups is 1. The van der Waals surface area contributed by atoms with E-state index in [4.69, 9.17) is 4.74 Å². The summed E-state index contributed by atoms with van der Waals surface area (Å²) in [5.74, 6) is 0.799. The maximum Gasteiger partial charge on any atom is 0.240 e. The van der Waals surface area contributed by atoms with E-state index in [1.165, 1.54) is 5.56 Å². The van der Waals surface area contributed by atoms with Gasteiger partial charge in [-0.1, -0.05) is 40.2 Å². The van der Waals surface area contributed by atoms with E-state index >= 15 is 0 Å². The average Bonchev–Trinajstić information content (AvgIpc) is 2.57. The lowest BCUT2D eigenvalue weighted by molar-refractivity contribution is -0.121. The first-order valence-electron chi connectivity index (χ1n) is 7.96. The number of amides is 1. The molecule has 0 aliphatic heterocycles. The number of nitrogens with one attached hydrogen (secondary N) is 1. The van der Waals surface area contributed by atoms with Crippen LogP contribution in [0.1, 0.15) is 30.9 Å². The summed E-state index contributed by atoms with van der Waals surface area (Å²) in [7, 11) is 0. The Balaban J connectivity index is 1.69. The van der Waals surface area contributed by atoms with Crippen molar-refractivity contribution in [1.29, 1.82) is 0 Å². The third-order valence-electron chi connectivity index (χ3n) is 3.36. The van der Waals surface area contributed by atoms with Crippen molar-refractivity contribution in [1.82, 2.24) is 5.43 Å². The Morgan fingerprint density at radius 2 is 2.04 bits per heavy atom. The van der Waals surface area contributed by atoms with Crippen LogP contribution in [0.15, 0.2) is 58.1 Å². The van der Waals surface area contributed by atoms with Crippen molar-refractivity contribution in [3.05, 3.63) is 64.1 Å². The van der Waals surface area contributed by atoms with Gasteiger partial charge in [0.25, 0.3) is 0 Å². The quantitative estimate of drug-likeness (QED) is 0.540. The van der Waals surface area contributed by atoms with E-state index in [0.29, 0.717) is 13.0 Å². The molecule has 0 atom stereocenters. The molecule has 24 heavy (non-hydrogen) atoms. The van der Waals surface area contributed by atoms with Gasteiger partial charge in [0.1, 0.15) is 5.75 Å². The topological polar surface area (TPSA) is 50.7 Å². The molecule has 0 heterocycles. The highest BCUT2D eigenvalue weighted by molar-refractivity contribution is 9.10. The van der Waals surface area contributed by atoms with Crippen LogP contribution in [0.4, 0.5) is 0 Å². The van der Waals surface area contributed by atoms with E-state index in [1.54, 1.807) is 6.21 Å². The molecule has 0 unspecified atom stereocenters. The van der Waals surface area contributed by atoms with Crippen molar-refractivity contribution < 1.29 is 9.53 Å². The van der Waals surface area contributed by atoms with Crippen LogP contribution in [-0.2, 0) is 11.2 Å². The van der Waals surface area contributed by atoms with Gasteiger partial charge in [-0.3, -0.25) is 4.79 Å². The van der Waals surface area contributed by atoms with Gasteiger partial charge in [0, 0.05) is 10.9 Å². The van der Waals surface area contributed by atoms with Crippen LogP contribution in [0.5, 0.6) is 5.75 Å². The van der Waals surface area contributed by atoms with Crippen molar-refractivity contribution in [3.8, 4) is 5.75 Å². The number of rotatable bonds is 8. The zero-order valence-corrected chi connectivity index (χ0v) is 15.3. The van der Waals surface area contributed by atoms with E-state index in [2.05, 4.69) is 26.5 Å². The summed E-state index contributed by atoms with van der Waals surface area (Å²) < 4.78 is 6.39. The summed E-state index contributed by atoms with van der Waals surface area (Å²) in [6, 6.07) is 15.7. The third kappa shape index (κ3) is 6.54. The molecule has 2 rings (SSSR count). The van der Waals surface area contributed by atoms with Crippen molar-refractivity contribution in [3.63, 3.8) is 0 Å². The van der Waals surface area contributed by atoms with Crippen LogP contribution in [0.25, 0.3) is 0 Å². The number of ether oxygens (including phenoxy) is 1. The zero-order chi connectivity index (χ0) is 17.2. The zero-order valence-electron chi connectivity index (χ0n) is 13.7. The normalized spacial score (nSPS) is 10.8. The maximum absolute atomic E-state index is 11.8. The molecular formula is C19H21BrN2O2. The summed E-state index contributed by atoms with van der Waals surface area (Å²) in [5.41, 5.74) is 4.69. The molecule has 0 spiro atoms. The molecule has 0 aliphatic rings. The highest BCUT2D eigenvalue weighted by Gasteiger charge is 2.01. The van der Waals surface area contributed by atoms with Gasteiger partial charge in [0.2, 0.25) is 5.91 Å². The van der Waals surface area contributed by atoms with Crippen LogP contribution in [0.2, 0.25) is 0 Å². The number of benzene rings is 2. The van der Waals surface area contributed by atoms with Crippen LogP contribution in [0, 0.1) is 0 Å². The fourth-order valence-corrected chi connectivity index (χ4v) is 2.61. The molecule has 1 amide bonds. The first-order chi connectivity index (χ1) is 11.7. The number of hydrogen-bond donors (Lipinski definition) is 1. The molecule has 126 valence electrons. The predicted octanol–water partition coefficient (Wildman–Crippen LogP) is 4.32. The Hall–Kier alpha value is -2.14. The lowest BCUT2D eigenvalue weighted by atomic mass is 10.1. The molecule has 1 N–H and O–H groups in total. The Morgan fingerprint density at radius 1 is 1.25 bits per heavy atom. The average molecular weight is 389 g/mol. The van der Waals surface area contributed by atoms with Gasteiger partial charge in [0.15, 0.2) is 0 Å². The van der Waals surface area contributed by atoms with Gasteiger partial charge in [-0.15, -0.1) is 0 Å². The van der Waals surface area contributed by atoms with Crippen LogP contribution < -0.4 is 10.2 Å². The number of carbonyl (C=O) groups excluding carboxylic acids is 1. The second kappa shape index (κ2) is 9.88. The van der Waals surface area contributed by atoms with Crippen LogP contribution in [0.3, 0.4) is 0 Å². The molecular weight excluding hydrogens is 368 g/mol. The highest BCUT2D eigenvalue weighted by atomic mass is 79.9. The molecule has 0 fully saturated rings. The molecule has 0 aliphatic carbocycles. The van der Waals surface area contributed by atoms with Crippen molar-refractivity contribution in [2.45, 2.75) is 26.2 Å². The minimum absolute atomic E-state index is 0.0767. The molecule has 0 radical (unpaired) electrons. The molecule has 0 aromatic heterocycles. The van der Waals surface area contributed by atoms with E-state index in [1.807, 2.05) is 55.5 Å². The molecule has 0 saturated heterocycles. The number of hydrogen-bond acceptors (Lipinski definition) is 3. The lowest BCUT2D eigenvalue weighted by Crippen LogP contribution is -2.17. The summed E-state index contributed by atoms with van der Waals surface area (Å²) >= 11 is 3.40. The van der Waals surface area contributed by atoms with Crippen molar-refractivity contribution in [2.75, 3.05) is 6.61 Å².